The van der Waals surface area contributed by atoms with Crippen molar-refractivity contribution < 1.29 is 4.74 Å². The van der Waals surface area contributed by atoms with Crippen LogP contribution in [0.1, 0.15) is 16.8 Å². The molecule has 0 N–H and O–H groups in total. The molecule has 0 amide bonds. The van der Waals surface area contributed by atoms with Gasteiger partial charge >= 0.3 is 0 Å². The Hall–Kier alpha value is -2.78. The van der Waals surface area contributed by atoms with Gasteiger partial charge in [0.2, 0.25) is 0 Å². The molecule has 0 fully saturated rings. The predicted octanol–water partition coefficient (Wildman–Crippen LogP) is 6.03. The fraction of sp³-hybridized carbons (Fsp3) is 0.174. The molecule has 0 saturated carbocycles. The molecule has 2 aromatic heterocycles. The Morgan fingerprint density at radius 1 is 0.963 bits per heavy atom. The number of benzene rings is 2. The number of nitrogens with zero attached hydrogens (tertiary/aromatic N) is 2. The van der Waals surface area contributed by atoms with E-state index < -0.39 is 0 Å². The number of pyridine rings is 1. The zero-order chi connectivity index (χ0) is 19.0. The van der Waals surface area contributed by atoms with E-state index in [1.165, 1.54) is 22.2 Å². The molecule has 0 aliphatic heterocycles. The highest BCUT2D eigenvalue weighted by molar-refractivity contribution is 6.30. The summed E-state index contributed by atoms with van der Waals surface area (Å²) in [4.78, 5) is 4.71. The molecule has 0 radical (unpaired) electrons. The molecule has 0 atom stereocenters. The lowest BCUT2D eigenvalue weighted by atomic mass is 10.1. The smallest absolute Gasteiger partial charge is 0.118 e. The van der Waals surface area contributed by atoms with Crippen LogP contribution in [0.5, 0.6) is 5.75 Å². The largest absolute Gasteiger partial charge is 0.497 e. The number of hydrogen-bond donors (Lipinski definition) is 0. The predicted molar refractivity (Wildman–Crippen MR) is 112 cm³/mol. The maximum absolute atomic E-state index is 6.07. The minimum Gasteiger partial charge on any atom is -0.497 e. The molecule has 0 bridgehead atoms. The van der Waals surface area contributed by atoms with Crippen LogP contribution < -0.4 is 4.74 Å². The fourth-order valence-corrected chi connectivity index (χ4v) is 3.65. The van der Waals surface area contributed by atoms with Gasteiger partial charge in [0.1, 0.15) is 5.75 Å². The van der Waals surface area contributed by atoms with Gasteiger partial charge < -0.3 is 9.30 Å². The van der Waals surface area contributed by atoms with E-state index in [1.807, 2.05) is 42.6 Å². The topological polar surface area (TPSA) is 27.1 Å². The number of aromatic nitrogens is 2. The van der Waals surface area contributed by atoms with Crippen LogP contribution in [0.25, 0.3) is 22.2 Å². The van der Waals surface area contributed by atoms with Gasteiger partial charge in [-0.3, -0.25) is 4.98 Å². The van der Waals surface area contributed by atoms with Gasteiger partial charge in [-0.05, 0) is 55.3 Å². The summed E-state index contributed by atoms with van der Waals surface area (Å²) in [5.41, 5.74) is 6.97. The standard InChI is InChI=1S/C23H21ClN2O/c1-15-16(2)26(14-17-4-10-20(27-3)11-5-17)23-21(15)12-13-25-22(23)18-6-8-19(24)9-7-18/h4-13H,14H2,1-3H3. The molecule has 0 spiro atoms. The van der Waals surface area contributed by atoms with E-state index in [9.17, 15) is 0 Å². The molecule has 0 aliphatic rings. The molecule has 27 heavy (non-hydrogen) atoms. The number of halogens is 1. The molecule has 2 aromatic carbocycles. The normalized spacial score (nSPS) is 11.1. The average molecular weight is 377 g/mol. The van der Waals surface area contributed by atoms with Crippen molar-refractivity contribution in [3.8, 4) is 17.0 Å². The van der Waals surface area contributed by atoms with Gasteiger partial charge in [-0.1, -0.05) is 35.9 Å². The summed E-state index contributed by atoms with van der Waals surface area (Å²) < 4.78 is 7.63. The van der Waals surface area contributed by atoms with Crippen molar-refractivity contribution in [2.45, 2.75) is 20.4 Å². The van der Waals surface area contributed by atoms with Gasteiger partial charge in [-0.15, -0.1) is 0 Å². The van der Waals surface area contributed by atoms with E-state index in [2.05, 4.69) is 36.6 Å². The zero-order valence-electron chi connectivity index (χ0n) is 15.7. The minimum atomic E-state index is 0.729. The lowest BCUT2D eigenvalue weighted by Gasteiger charge is -2.12. The van der Waals surface area contributed by atoms with Crippen LogP contribution in [0.2, 0.25) is 5.02 Å². The van der Waals surface area contributed by atoms with E-state index in [0.717, 1.165) is 34.1 Å². The maximum Gasteiger partial charge on any atom is 0.118 e. The van der Waals surface area contributed by atoms with Crippen LogP contribution >= 0.6 is 11.6 Å². The van der Waals surface area contributed by atoms with Crippen molar-refractivity contribution in [1.82, 2.24) is 9.55 Å². The Balaban J connectivity index is 1.88. The summed E-state index contributed by atoms with van der Waals surface area (Å²) in [6, 6.07) is 18.2. The van der Waals surface area contributed by atoms with Gasteiger partial charge in [0.25, 0.3) is 0 Å². The number of ether oxygens (including phenoxy) is 1. The summed E-state index contributed by atoms with van der Waals surface area (Å²) >= 11 is 6.07. The van der Waals surface area contributed by atoms with Gasteiger partial charge in [-0.25, -0.2) is 0 Å². The molecule has 4 heteroatoms. The molecule has 0 unspecified atom stereocenters. The van der Waals surface area contributed by atoms with E-state index in [0.29, 0.717) is 0 Å². The Morgan fingerprint density at radius 3 is 2.33 bits per heavy atom. The monoisotopic (exact) mass is 376 g/mol. The minimum absolute atomic E-state index is 0.729. The molecule has 2 heterocycles. The summed E-state index contributed by atoms with van der Waals surface area (Å²) in [6.45, 7) is 5.13. The Bertz CT molecular complexity index is 1100. The molecule has 3 nitrogen and oxygen atoms in total. The van der Waals surface area contributed by atoms with Crippen LogP contribution in [0, 0.1) is 13.8 Å². The van der Waals surface area contributed by atoms with Crippen molar-refractivity contribution in [1.29, 1.82) is 0 Å². The number of hydrogen-bond acceptors (Lipinski definition) is 2. The third-order valence-electron chi connectivity index (χ3n) is 5.16. The zero-order valence-corrected chi connectivity index (χ0v) is 16.4. The van der Waals surface area contributed by atoms with E-state index in [1.54, 1.807) is 7.11 Å². The van der Waals surface area contributed by atoms with Crippen LogP contribution in [0.4, 0.5) is 0 Å². The summed E-state index contributed by atoms with van der Waals surface area (Å²) in [5, 5.41) is 1.97. The maximum atomic E-state index is 6.07. The van der Waals surface area contributed by atoms with Gasteiger partial charge in [0.05, 0.1) is 18.3 Å². The quantitative estimate of drug-likeness (QED) is 0.434. The van der Waals surface area contributed by atoms with E-state index in [-0.39, 0.29) is 0 Å². The van der Waals surface area contributed by atoms with Crippen molar-refractivity contribution in [3.05, 3.63) is 82.6 Å². The number of methoxy groups -OCH3 is 1. The van der Waals surface area contributed by atoms with Gasteiger partial charge in [-0.2, -0.15) is 0 Å². The lowest BCUT2D eigenvalue weighted by molar-refractivity contribution is 0.414. The SMILES string of the molecule is COc1ccc(Cn2c(C)c(C)c3ccnc(-c4ccc(Cl)cc4)c32)cc1. The second kappa shape index (κ2) is 7.09. The number of fused-ring (bicyclic) bond motifs is 1. The first-order valence-corrected chi connectivity index (χ1v) is 9.29. The molecule has 0 aliphatic carbocycles. The number of aryl methyl sites for hydroxylation is 1. The lowest BCUT2D eigenvalue weighted by Crippen LogP contribution is -2.03. The van der Waals surface area contributed by atoms with Gasteiger partial charge in [0.15, 0.2) is 0 Å². The molecule has 4 aromatic rings. The molecular formula is C23H21ClN2O. The average Bonchev–Trinajstić information content (AvgIpc) is 2.94. The molecule has 136 valence electrons. The first-order valence-electron chi connectivity index (χ1n) is 8.91. The van der Waals surface area contributed by atoms with Crippen LogP contribution in [-0.4, -0.2) is 16.7 Å². The van der Waals surface area contributed by atoms with Crippen LogP contribution in [0.3, 0.4) is 0 Å². The molecule has 4 rings (SSSR count). The summed E-state index contributed by atoms with van der Waals surface area (Å²) in [7, 11) is 1.69. The van der Waals surface area contributed by atoms with Crippen molar-refractivity contribution in [3.63, 3.8) is 0 Å². The van der Waals surface area contributed by atoms with E-state index in [4.69, 9.17) is 21.3 Å². The van der Waals surface area contributed by atoms with Crippen LogP contribution in [-0.2, 0) is 6.54 Å². The molecular weight excluding hydrogens is 356 g/mol. The van der Waals surface area contributed by atoms with Crippen LogP contribution in [0.15, 0.2) is 60.8 Å². The highest BCUT2D eigenvalue weighted by atomic mass is 35.5. The van der Waals surface area contributed by atoms with Crippen molar-refractivity contribution in [2.75, 3.05) is 7.11 Å². The Kier molecular flexibility index (Phi) is 4.63. The highest BCUT2D eigenvalue weighted by Crippen LogP contribution is 2.33. The van der Waals surface area contributed by atoms with Crippen molar-refractivity contribution in [2.24, 2.45) is 0 Å². The Morgan fingerprint density at radius 2 is 1.67 bits per heavy atom. The third-order valence-corrected chi connectivity index (χ3v) is 5.42. The van der Waals surface area contributed by atoms with Crippen molar-refractivity contribution >= 4 is 22.5 Å². The third kappa shape index (κ3) is 3.19. The molecule has 0 saturated heterocycles. The summed E-state index contributed by atoms with van der Waals surface area (Å²) in [5.74, 6) is 0.868. The summed E-state index contributed by atoms with van der Waals surface area (Å²) in [6.07, 6.45) is 1.89. The first-order chi connectivity index (χ1) is 13.1. The highest BCUT2D eigenvalue weighted by Gasteiger charge is 2.16. The number of rotatable bonds is 4. The second-order valence-electron chi connectivity index (χ2n) is 6.71. The second-order valence-corrected chi connectivity index (χ2v) is 7.14. The fourth-order valence-electron chi connectivity index (χ4n) is 3.53. The Labute approximate surface area is 164 Å². The van der Waals surface area contributed by atoms with Gasteiger partial charge in [0, 0.05) is 34.4 Å². The van der Waals surface area contributed by atoms with E-state index >= 15 is 0 Å². The first kappa shape index (κ1) is 17.6.